The van der Waals surface area contributed by atoms with Crippen LogP contribution in [0.15, 0.2) is 18.2 Å². The zero-order chi connectivity index (χ0) is 59.6. The maximum absolute atomic E-state index is 13.4. The minimum Gasteiger partial charge on any atom is -0.506 e. The second-order valence-corrected chi connectivity index (χ2v) is 20.9. The van der Waals surface area contributed by atoms with Crippen molar-refractivity contribution in [2.45, 2.75) is 136 Å². The molecule has 0 unspecified atom stereocenters. The van der Waals surface area contributed by atoms with Crippen LogP contribution in [0.2, 0.25) is 0 Å². The van der Waals surface area contributed by atoms with Crippen LogP contribution < -0.4 is 32.3 Å². The summed E-state index contributed by atoms with van der Waals surface area (Å²) in [4.78, 5) is 77.3. The van der Waals surface area contributed by atoms with Crippen LogP contribution in [-0.4, -0.2) is 215 Å². The first kappa shape index (κ1) is 73.2. The lowest BCUT2D eigenvalue weighted by atomic mass is 10.0. The second-order valence-electron chi connectivity index (χ2n) is 20.9. The van der Waals surface area contributed by atoms with Gasteiger partial charge in [0, 0.05) is 26.1 Å². The Morgan fingerprint density at radius 3 is 1.51 bits per heavy atom. The molecule has 0 saturated heterocycles. The van der Waals surface area contributed by atoms with Crippen LogP contribution in [0.5, 0.6) is 5.75 Å². The van der Waals surface area contributed by atoms with Crippen LogP contribution in [0.3, 0.4) is 0 Å². The van der Waals surface area contributed by atoms with E-state index in [1.165, 1.54) is 19.1 Å². The summed E-state index contributed by atoms with van der Waals surface area (Å²) < 4.78 is 64.7. The van der Waals surface area contributed by atoms with Gasteiger partial charge in [0.15, 0.2) is 0 Å². The number of carbonyl (C=O) groups is 6. The van der Waals surface area contributed by atoms with Gasteiger partial charge in [0.1, 0.15) is 35.6 Å². The molecule has 5 amide bonds. The molecular weight excluding hydrogens is 1050 g/mol. The van der Waals surface area contributed by atoms with Gasteiger partial charge in [-0.2, -0.15) is 0 Å². The van der Waals surface area contributed by atoms with Crippen molar-refractivity contribution in [3.8, 4) is 5.75 Å². The standard InChI is InChI=1S/C55H98N6O19/c1-40(2)49(52(67)58-41(3)50(65)60-45-38-42(14-16-46(45)62)37-43(59-53(68)80-55(7,8)9)15-17-48(64)79-54(4,5)6)61-51(66)44(56)13-11-12-18-57-47(63)39-78-36-35-77-34-33-76-32-31-75-30-29-74-28-27-73-26-25-72-24-23-71-22-21-70-20-19-69-10/h14,16,38,40-41,43-44,49,62H,11-13,15,17-37,39,56H2,1-10H3,(H,57,63)(H,58,67)(H,59,68)(H,60,65)(H,61,66)/t41-,43+,44-,49-/m0/s1. The minimum atomic E-state index is -1.10. The van der Waals surface area contributed by atoms with Gasteiger partial charge < -0.3 is 94.3 Å². The lowest BCUT2D eigenvalue weighted by Gasteiger charge is -2.25. The summed E-state index contributed by atoms with van der Waals surface area (Å²) in [6.45, 7) is 23.6. The molecule has 0 saturated carbocycles. The highest BCUT2D eigenvalue weighted by Gasteiger charge is 2.29. The molecule has 25 heteroatoms. The Hall–Kier alpha value is -4.80. The van der Waals surface area contributed by atoms with Crippen molar-refractivity contribution in [2.24, 2.45) is 11.7 Å². The number of hydrogen-bond acceptors (Lipinski definition) is 20. The molecule has 1 aromatic carbocycles. The van der Waals surface area contributed by atoms with Crippen molar-refractivity contribution in [3.63, 3.8) is 0 Å². The number of unbranched alkanes of at least 4 members (excludes halogenated alkanes) is 1. The average molecular weight is 1150 g/mol. The number of benzene rings is 1. The summed E-state index contributed by atoms with van der Waals surface area (Å²) in [5, 5.41) is 24.2. The average Bonchev–Trinajstić information content (AvgIpc) is 3.37. The van der Waals surface area contributed by atoms with E-state index in [9.17, 15) is 33.9 Å². The summed E-state index contributed by atoms with van der Waals surface area (Å²) in [5.41, 5.74) is 5.39. The molecule has 4 atom stereocenters. The van der Waals surface area contributed by atoms with Gasteiger partial charge in [-0.25, -0.2) is 4.79 Å². The SMILES string of the molecule is COCCOCCOCCOCCOCCOCCOCCOCCOCCOCC(=O)NCCCC[C@H](N)C(=O)N[C@H](C(=O)N[C@@H](C)C(=O)Nc1cc(C[C@@H](CCC(=O)OC(C)(C)C)NC(=O)OC(C)(C)C)ccc1O)C(C)C. The Balaban J connectivity index is 2.26. The number of esters is 1. The molecule has 0 spiro atoms. The number of alkyl carbamates (subject to hydrolysis) is 1. The van der Waals surface area contributed by atoms with E-state index >= 15 is 0 Å². The third kappa shape index (κ3) is 40.4. The van der Waals surface area contributed by atoms with Crippen molar-refractivity contribution < 1.29 is 90.7 Å². The molecule has 0 bridgehead atoms. The van der Waals surface area contributed by atoms with Gasteiger partial charge in [0.2, 0.25) is 23.6 Å². The zero-order valence-corrected chi connectivity index (χ0v) is 49.4. The number of carbonyl (C=O) groups excluding carboxylic acids is 6. The number of nitrogens with two attached hydrogens (primary N) is 1. The molecule has 1 rings (SSSR count). The zero-order valence-electron chi connectivity index (χ0n) is 49.4. The Morgan fingerprint density at radius 2 is 1.05 bits per heavy atom. The Labute approximate surface area is 474 Å². The largest absolute Gasteiger partial charge is 0.506 e. The number of amides is 5. The van der Waals surface area contributed by atoms with E-state index in [2.05, 4.69) is 26.6 Å². The molecule has 0 aliphatic heterocycles. The summed E-state index contributed by atoms with van der Waals surface area (Å²) in [6.07, 6.45) is 1.11. The number of anilines is 1. The normalized spacial score (nSPS) is 13.2. The van der Waals surface area contributed by atoms with Gasteiger partial charge in [-0.05, 0) is 104 Å². The van der Waals surface area contributed by atoms with Crippen LogP contribution in [0.1, 0.15) is 100.0 Å². The number of ether oxygens (including phenoxy) is 12. The van der Waals surface area contributed by atoms with Crippen molar-refractivity contribution in [1.82, 2.24) is 21.3 Å². The molecule has 0 aromatic heterocycles. The van der Waals surface area contributed by atoms with Gasteiger partial charge >= 0.3 is 12.1 Å². The summed E-state index contributed by atoms with van der Waals surface area (Å²) in [7, 11) is 1.63. The third-order valence-corrected chi connectivity index (χ3v) is 10.9. The molecule has 0 aliphatic rings. The maximum atomic E-state index is 13.4. The predicted octanol–water partition coefficient (Wildman–Crippen LogP) is 2.94. The first-order chi connectivity index (χ1) is 38.0. The van der Waals surface area contributed by atoms with E-state index in [4.69, 9.17) is 62.6 Å². The van der Waals surface area contributed by atoms with E-state index in [0.29, 0.717) is 137 Å². The van der Waals surface area contributed by atoms with E-state index < -0.39 is 65.2 Å². The van der Waals surface area contributed by atoms with Crippen molar-refractivity contribution in [2.75, 3.05) is 145 Å². The van der Waals surface area contributed by atoms with Crippen LogP contribution >= 0.6 is 0 Å². The fraction of sp³-hybridized carbons (Fsp3) is 0.782. The molecule has 0 radical (unpaired) electrons. The summed E-state index contributed by atoms with van der Waals surface area (Å²) in [5.74, 6) is -3.16. The van der Waals surface area contributed by atoms with Crippen LogP contribution in [0, 0.1) is 5.92 Å². The molecule has 462 valence electrons. The molecule has 0 aliphatic carbocycles. The number of nitrogens with one attached hydrogen (secondary N) is 5. The minimum absolute atomic E-state index is 0.0120. The van der Waals surface area contributed by atoms with E-state index in [-0.39, 0.29) is 62.2 Å². The predicted molar refractivity (Wildman–Crippen MR) is 297 cm³/mol. The van der Waals surface area contributed by atoms with E-state index in [1.807, 2.05) is 0 Å². The third-order valence-electron chi connectivity index (χ3n) is 10.9. The highest BCUT2D eigenvalue weighted by molar-refractivity contribution is 5.99. The number of phenols is 1. The number of hydrogen-bond donors (Lipinski definition) is 7. The quantitative estimate of drug-likeness (QED) is 0.0280. The highest BCUT2D eigenvalue weighted by Crippen LogP contribution is 2.26. The second kappa shape index (κ2) is 43.9. The monoisotopic (exact) mass is 1150 g/mol. The fourth-order valence-electron chi connectivity index (χ4n) is 6.85. The van der Waals surface area contributed by atoms with Gasteiger partial charge in [-0.1, -0.05) is 19.9 Å². The van der Waals surface area contributed by atoms with Gasteiger partial charge in [0.05, 0.1) is 131 Å². The summed E-state index contributed by atoms with van der Waals surface area (Å²) in [6, 6.07) is 0.896. The maximum Gasteiger partial charge on any atom is 0.407 e. The number of aromatic hydroxyl groups is 1. The smallest absolute Gasteiger partial charge is 0.407 e. The van der Waals surface area contributed by atoms with Crippen LogP contribution in [0.4, 0.5) is 10.5 Å². The molecule has 8 N–H and O–H groups in total. The van der Waals surface area contributed by atoms with Gasteiger partial charge in [-0.3, -0.25) is 24.0 Å². The topological polar surface area (TPSA) is 320 Å². The van der Waals surface area contributed by atoms with Crippen molar-refractivity contribution in [3.05, 3.63) is 23.8 Å². The Morgan fingerprint density at radius 1 is 0.575 bits per heavy atom. The van der Waals surface area contributed by atoms with Crippen LogP contribution in [0.25, 0.3) is 0 Å². The van der Waals surface area contributed by atoms with E-state index in [1.54, 1.807) is 68.6 Å². The van der Waals surface area contributed by atoms with Crippen molar-refractivity contribution in [1.29, 1.82) is 0 Å². The Kier molecular flexibility index (Phi) is 40.1. The molecule has 0 heterocycles. The van der Waals surface area contributed by atoms with Gasteiger partial charge in [0.25, 0.3) is 0 Å². The molecule has 80 heavy (non-hydrogen) atoms. The Bertz CT molecular complexity index is 1870. The first-order valence-corrected chi connectivity index (χ1v) is 27.7. The number of rotatable bonds is 47. The number of phenolic OH excluding ortho intramolecular Hbond substituents is 1. The highest BCUT2D eigenvalue weighted by atomic mass is 16.6. The molecule has 25 nitrogen and oxygen atoms in total. The van der Waals surface area contributed by atoms with Crippen LogP contribution in [-0.2, 0) is 87.2 Å². The molecule has 0 fully saturated rings. The number of methoxy groups -OCH3 is 1. The van der Waals surface area contributed by atoms with Crippen molar-refractivity contribution >= 4 is 41.4 Å². The molecular formula is C55H98N6O19. The molecule has 1 aromatic rings. The van der Waals surface area contributed by atoms with Gasteiger partial charge in [-0.15, -0.1) is 0 Å². The first-order valence-electron chi connectivity index (χ1n) is 27.7. The lowest BCUT2D eigenvalue weighted by molar-refractivity contribution is -0.155. The lowest BCUT2D eigenvalue weighted by Crippen LogP contribution is -2.56. The van der Waals surface area contributed by atoms with E-state index in [0.717, 1.165) is 0 Å². The summed E-state index contributed by atoms with van der Waals surface area (Å²) >= 11 is 0. The fourth-order valence-corrected chi connectivity index (χ4v) is 6.85.